The number of primary amides is 1. The number of fused-ring (bicyclic) bond motifs is 1. The molecule has 106 valence electrons. The smallest absolute Gasteiger partial charge is 0.241 e. The van der Waals surface area contributed by atoms with Crippen LogP contribution in [0.4, 0.5) is 11.4 Å². The quantitative estimate of drug-likeness (QED) is 0.615. The zero-order valence-corrected chi connectivity index (χ0v) is 11.3. The van der Waals surface area contributed by atoms with Crippen molar-refractivity contribution < 1.29 is 14.4 Å². The van der Waals surface area contributed by atoms with Crippen LogP contribution in [0, 0.1) is 0 Å². The minimum Gasteiger partial charge on any atom is -0.370 e. The van der Waals surface area contributed by atoms with Gasteiger partial charge in [-0.15, -0.1) is 11.8 Å². The third kappa shape index (κ3) is 3.49. The van der Waals surface area contributed by atoms with Gasteiger partial charge in [0.2, 0.25) is 17.7 Å². The number of carbonyl (C=O) groups is 3. The van der Waals surface area contributed by atoms with Crippen LogP contribution < -0.4 is 22.1 Å². The number of anilines is 2. The van der Waals surface area contributed by atoms with Crippen molar-refractivity contribution in [3.8, 4) is 0 Å². The maximum Gasteiger partial charge on any atom is 0.241 e. The molecular weight excluding hydrogens is 280 g/mol. The van der Waals surface area contributed by atoms with Crippen LogP contribution in [0.5, 0.6) is 0 Å². The third-order valence-electron chi connectivity index (χ3n) is 2.64. The molecule has 1 aromatic carbocycles. The molecule has 1 heterocycles. The van der Waals surface area contributed by atoms with E-state index in [9.17, 15) is 14.4 Å². The van der Waals surface area contributed by atoms with Crippen LogP contribution in [0.25, 0.3) is 0 Å². The highest BCUT2D eigenvalue weighted by atomic mass is 32.2. The fourth-order valence-corrected chi connectivity index (χ4v) is 2.49. The summed E-state index contributed by atoms with van der Waals surface area (Å²) in [4.78, 5) is 34.7. The summed E-state index contributed by atoms with van der Waals surface area (Å²) in [5.74, 6) is -0.848. The minimum atomic E-state index is -0.993. The Bertz CT molecular complexity index is 576. The van der Waals surface area contributed by atoms with Crippen LogP contribution in [0.1, 0.15) is 6.42 Å². The SMILES string of the molecule is NC(=O)CC(N)C(=O)Nc1ccc2c(c1)NC(=O)CS2. The van der Waals surface area contributed by atoms with E-state index >= 15 is 0 Å². The molecule has 1 aliphatic rings. The first-order valence-corrected chi connectivity index (χ1v) is 6.85. The molecule has 0 bridgehead atoms. The van der Waals surface area contributed by atoms with Crippen molar-refractivity contribution in [2.45, 2.75) is 17.4 Å². The van der Waals surface area contributed by atoms with E-state index in [1.165, 1.54) is 11.8 Å². The largest absolute Gasteiger partial charge is 0.370 e. The predicted octanol–water partition coefficient (Wildman–Crippen LogP) is -0.128. The Kier molecular flexibility index (Phi) is 4.26. The molecule has 0 saturated heterocycles. The van der Waals surface area contributed by atoms with Crippen LogP contribution in [0.2, 0.25) is 0 Å². The van der Waals surface area contributed by atoms with Crippen molar-refractivity contribution in [3.05, 3.63) is 18.2 Å². The predicted molar refractivity (Wildman–Crippen MR) is 76.2 cm³/mol. The summed E-state index contributed by atoms with van der Waals surface area (Å²) in [6, 6.07) is 4.16. The number of amides is 3. The highest BCUT2D eigenvalue weighted by molar-refractivity contribution is 8.00. The Hall–Kier alpha value is -2.06. The number of hydrogen-bond donors (Lipinski definition) is 4. The number of nitrogens with one attached hydrogen (secondary N) is 2. The normalized spacial score (nSPS) is 14.9. The number of benzene rings is 1. The van der Waals surface area contributed by atoms with E-state index in [4.69, 9.17) is 11.5 Å². The molecule has 8 heteroatoms. The molecule has 0 saturated carbocycles. The molecule has 0 aliphatic carbocycles. The lowest BCUT2D eigenvalue weighted by atomic mass is 10.2. The molecule has 2 rings (SSSR count). The zero-order chi connectivity index (χ0) is 14.7. The second kappa shape index (κ2) is 5.93. The lowest BCUT2D eigenvalue weighted by Crippen LogP contribution is -2.39. The first kappa shape index (κ1) is 14.4. The summed E-state index contributed by atoms with van der Waals surface area (Å²) < 4.78 is 0. The summed E-state index contributed by atoms with van der Waals surface area (Å²) in [6.45, 7) is 0. The lowest BCUT2D eigenvalue weighted by Gasteiger charge is -2.18. The first-order chi connectivity index (χ1) is 9.45. The van der Waals surface area contributed by atoms with Gasteiger partial charge in [0.15, 0.2) is 0 Å². The molecule has 20 heavy (non-hydrogen) atoms. The molecule has 1 unspecified atom stereocenters. The summed E-state index contributed by atoms with van der Waals surface area (Å²) in [5, 5.41) is 5.30. The maximum absolute atomic E-state index is 11.7. The van der Waals surface area contributed by atoms with Gasteiger partial charge in [0.1, 0.15) is 0 Å². The molecule has 0 fully saturated rings. The van der Waals surface area contributed by atoms with Crippen molar-refractivity contribution >= 4 is 40.9 Å². The molecule has 7 nitrogen and oxygen atoms in total. The number of rotatable bonds is 4. The van der Waals surface area contributed by atoms with Gasteiger partial charge in [-0.3, -0.25) is 14.4 Å². The highest BCUT2D eigenvalue weighted by Crippen LogP contribution is 2.33. The first-order valence-electron chi connectivity index (χ1n) is 5.87. The van der Waals surface area contributed by atoms with Crippen molar-refractivity contribution in [1.82, 2.24) is 0 Å². The molecule has 3 amide bonds. The minimum absolute atomic E-state index is 0.0867. The van der Waals surface area contributed by atoms with Gasteiger partial charge in [-0.2, -0.15) is 0 Å². The Morgan fingerprint density at radius 3 is 2.90 bits per heavy atom. The molecular formula is C12H14N4O3S. The topological polar surface area (TPSA) is 127 Å². The van der Waals surface area contributed by atoms with E-state index in [0.29, 0.717) is 17.1 Å². The van der Waals surface area contributed by atoms with Gasteiger partial charge in [-0.1, -0.05) is 0 Å². The van der Waals surface area contributed by atoms with Crippen molar-refractivity contribution in [3.63, 3.8) is 0 Å². The monoisotopic (exact) mass is 294 g/mol. The fourth-order valence-electron chi connectivity index (χ4n) is 1.71. The molecule has 0 spiro atoms. The van der Waals surface area contributed by atoms with Crippen molar-refractivity contribution in [1.29, 1.82) is 0 Å². The Labute approximate surface area is 119 Å². The van der Waals surface area contributed by atoms with Gasteiger partial charge in [0.25, 0.3) is 0 Å². The van der Waals surface area contributed by atoms with Gasteiger partial charge in [-0.25, -0.2) is 0 Å². The summed E-state index contributed by atoms with van der Waals surface area (Å²) in [6.07, 6.45) is -0.219. The van der Waals surface area contributed by atoms with Gasteiger partial charge in [0.05, 0.1) is 23.9 Å². The number of carbonyl (C=O) groups excluding carboxylic acids is 3. The van der Waals surface area contributed by atoms with E-state index in [1.54, 1.807) is 18.2 Å². The molecule has 1 aliphatic heterocycles. The van der Waals surface area contributed by atoms with Crippen molar-refractivity contribution in [2.24, 2.45) is 11.5 Å². The molecule has 1 atom stereocenters. The van der Waals surface area contributed by atoms with Crippen LogP contribution in [0.15, 0.2) is 23.1 Å². The highest BCUT2D eigenvalue weighted by Gasteiger charge is 2.18. The number of thioether (sulfide) groups is 1. The summed E-state index contributed by atoms with van der Waals surface area (Å²) >= 11 is 1.43. The fraction of sp³-hybridized carbons (Fsp3) is 0.250. The second-order valence-corrected chi connectivity index (χ2v) is 5.33. The standard InChI is InChI=1S/C12H14N4O3S/c13-7(4-10(14)17)12(19)15-6-1-2-9-8(3-6)16-11(18)5-20-9/h1-3,7H,4-5,13H2,(H2,14,17)(H,15,19)(H,16,18). The van der Waals surface area contributed by atoms with E-state index < -0.39 is 17.9 Å². The number of nitrogens with two attached hydrogens (primary N) is 2. The van der Waals surface area contributed by atoms with E-state index in [1.807, 2.05) is 0 Å². The summed E-state index contributed by atoms with van der Waals surface area (Å²) in [7, 11) is 0. The Morgan fingerprint density at radius 1 is 1.45 bits per heavy atom. The average Bonchev–Trinajstić information content (AvgIpc) is 2.37. The van der Waals surface area contributed by atoms with Crippen molar-refractivity contribution in [2.75, 3.05) is 16.4 Å². The van der Waals surface area contributed by atoms with E-state index in [2.05, 4.69) is 10.6 Å². The molecule has 0 aromatic heterocycles. The van der Waals surface area contributed by atoms with E-state index in [0.717, 1.165) is 4.90 Å². The number of hydrogen-bond acceptors (Lipinski definition) is 5. The van der Waals surface area contributed by atoms with Crippen LogP contribution in [-0.4, -0.2) is 29.5 Å². The zero-order valence-electron chi connectivity index (χ0n) is 10.5. The van der Waals surface area contributed by atoms with Crippen LogP contribution >= 0.6 is 11.8 Å². The molecule has 0 radical (unpaired) electrons. The van der Waals surface area contributed by atoms with Gasteiger partial charge >= 0.3 is 0 Å². The summed E-state index contributed by atoms with van der Waals surface area (Å²) in [5.41, 5.74) is 11.7. The molecule has 1 aromatic rings. The lowest BCUT2D eigenvalue weighted by molar-refractivity contribution is -0.123. The Balaban J connectivity index is 2.07. The van der Waals surface area contributed by atoms with Gasteiger partial charge in [0, 0.05) is 10.6 Å². The van der Waals surface area contributed by atoms with Crippen LogP contribution in [0.3, 0.4) is 0 Å². The van der Waals surface area contributed by atoms with Gasteiger partial charge < -0.3 is 22.1 Å². The van der Waals surface area contributed by atoms with E-state index in [-0.39, 0.29) is 12.3 Å². The van der Waals surface area contributed by atoms with Crippen LogP contribution in [-0.2, 0) is 14.4 Å². The third-order valence-corrected chi connectivity index (χ3v) is 3.71. The molecule has 6 N–H and O–H groups in total. The Morgan fingerprint density at radius 2 is 2.20 bits per heavy atom. The van der Waals surface area contributed by atoms with Gasteiger partial charge in [-0.05, 0) is 18.2 Å². The second-order valence-electron chi connectivity index (χ2n) is 4.31. The average molecular weight is 294 g/mol. The maximum atomic E-state index is 11.7.